The molecule has 2 heterocycles. The van der Waals surface area contributed by atoms with Crippen LogP contribution in [-0.2, 0) is 0 Å². The van der Waals surface area contributed by atoms with Gasteiger partial charge in [-0.2, -0.15) is 0 Å². The maximum absolute atomic E-state index is 11.4. The number of carbonyl (C=O) groups excluding carboxylic acids is 1. The Hall–Kier alpha value is -3.22. The average molecular weight is 433 g/mol. The fourth-order valence-electron chi connectivity index (χ4n) is 4.49. The molecule has 1 saturated carbocycles. The molecule has 2 aromatic carbocycles. The Bertz CT molecular complexity index is 1320. The third-order valence-electron chi connectivity index (χ3n) is 5.97. The summed E-state index contributed by atoms with van der Waals surface area (Å²) in [5.41, 5.74) is 9.93. The van der Waals surface area contributed by atoms with Crippen LogP contribution >= 0.6 is 11.6 Å². The van der Waals surface area contributed by atoms with E-state index >= 15 is 0 Å². The van der Waals surface area contributed by atoms with Gasteiger partial charge in [-0.1, -0.05) is 48.0 Å². The first-order valence-corrected chi connectivity index (χ1v) is 10.4. The lowest BCUT2D eigenvalue weighted by Crippen LogP contribution is -2.40. The van der Waals surface area contributed by atoms with E-state index in [1.165, 1.54) is 0 Å². The van der Waals surface area contributed by atoms with Gasteiger partial charge in [-0.15, -0.1) is 0 Å². The van der Waals surface area contributed by atoms with Crippen molar-refractivity contribution in [2.24, 2.45) is 0 Å². The van der Waals surface area contributed by atoms with E-state index in [2.05, 4.69) is 4.98 Å². The Kier molecular flexibility index (Phi) is 4.57. The highest BCUT2D eigenvalue weighted by molar-refractivity contribution is 6.33. The summed E-state index contributed by atoms with van der Waals surface area (Å²) in [5.74, 6) is 1.39. The second-order valence-corrected chi connectivity index (χ2v) is 8.76. The zero-order valence-corrected chi connectivity index (χ0v) is 17.7. The van der Waals surface area contributed by atoms with Crippen molar-refractivity contribution in [3.8, 4) is 22.4 Å². The number of nitrogens with two attached hydrogens (primary N) is 1. The van der Waals surface area contributed by atoms with E-state index in [1.807, 2.05) is 53.9 Å². The number of carbonyl (C=O) groups is 1. The molecule has 5 rings (SSSR count). The smallest absolute Gasteiger partial charge is 0.150 e. The van der Waals surface area contributed by atoms with Crippen LogP contribution < -0.4 is 5.73 Å². The van der Waals surface area contributed by atoms with Crippen LogP contribution in [0.1, 0.15) is 41.9 Å². The number of nitrogen functional groups attached to an aromatic ring is 1. The van der Waals surface area contributed by atoms with E-state index in [4.69, 9.17) is 22.3 Å². The van der Waals surface area contributed by atoms with Crippen molar-refractivity contribution in [3.63, 3.8) is 0 Å². The molecule has 1 aliphatic carbocycles. The molecule has 4 aromatic rings. The summed E-state index contributed by atoms with van der Waals surface area (Å²) in [7, 11) is 0. The Labute approximate surface area is 184 Å². The molecular formula is C24H21ClN4O2. The molecule has 0 radical (unpaired) electrons. The van der Waals surface area contributed by atoms with Crippen molar-refractivity contribution >= 4 is 29.2 Å². The number of imidazole rings is 1. The van der Waals surface area contributed by atoms with E-state index in [0.29, 0.717) is 34.9 Å². The lowest BCUT2D eigenvalue weighted by atomic mass is 9.72. The quantitative estimate of drug-likeness (QED) is 0.454. The zero-order valence-electron chi connectivity index (χ0n) is 16.9. The van der Waals surface area contributed by atoms with Crippen LogP contribution in [-0.4, -0.2) is 31.4 Å². The van der Waals surface area contributed by atoms with Gasteiger partial charge in [-0.3, -0.25) is 9.20 Å². The number of aldehydes is 1. The van der Waals surface area contributed by atoms with Gasteiger partial charge in [0, 0.05) is 40.0 Å². The number of fused-ring (bicyclic) bond motifs is 1. The molecule has 0 aliphatic heterocycles. The number of anilines is 1. The minimum absolute atomic E-state index is 0.146. The van der Waals surface area contributed by atoms with E-state index in [0.717, 1.165) is 34.3 Å². The topological polar surface area (TPSA) is 93.5 Å². The summed E-state index contributed by atoms with van der Waals surface area (Å²) in [6.07, 6.45) is 5.63. The first-order chi connectivity index (χ1) is 14.9. The molecule has 7 heteroatoms. The highest BCUT2D eigenvalue weighted by Crippen LogP contribution is 2.45. The Morgan fingerprint density at radius 2 is 2.00 bits per heavy atom. The molecule has 0 atom stereocenters. The molecule has 0 spiro atoms. The fourth-order valence-corrected chi connectivity index (χ4v) is 4.77. The number of benzene rings is 2. The van der Waals surface area contributed by atoms with Gasteiger partial charge in [-0.25, -0.2) is 9.97 Å². The van der Waals surface area contributed by atoms with Crippen LogP contribution in [0.5, 0.6) is 0 Å². The Balaban J connectivity index is 1.63. The number of hydrogen-bond acceptors (Lipinski definition) is 5. The van der Waals surface area contributed by atoms with Gasteiger partial charge in [0.15, 0.2) is 6.29 Å². The van der Waals surface area contributed by atoms with Crippen molar-refractivity contribution in [2.75, 3.05) is 5.73 Å². The third-order valence-corrected chi connectivity index (χ3v) is 6.28. The van der Waals surface area contributed by atoms with Gasteiger partial charge in [0.1, 0.15) is 22.9 Å². The molecule has 6 nitrogen and oxygen atoms in total. The predicted molar refractivity (Wildman–Crippen MR) is 121 cm³/mol. The molecule has 3 N–H and O–H groups in total. The summed E-state index contributed by atoms with van der Waals surface area (Å²) >= 11 is 6.65. The first-order valence-electron chi connectivity index (χ1n) is 10.1. The van der Waals surface area contributed by atoms with Crippen LogP contribution in [0.4, 0.5) is 5.82 Å². The van der Waals surface area contributed by atoms with Gasteiger partial charge in [0.2, 0.25) is 0 Å². The zero-order chi connectivity index (χ0) is 21.8. The SMILES string of the molecule is CC1(O)CC(c2nc(-c3ccc(-c4ccccc4C=O)c(Cl)c3)c3c(N)nccn23)C1. The molecule has 0 bridgehead atoms. The highest BCUT2D eigenvalue weighted by atomic mass is 35.5. The normalized spacial score (nSPS) is 20.5. The Morgan fingerprint density at radius 1 is 1.23 bits per heavy atom. The van der Waals surface area contributed by atoms with Crippen LogP contribution in [0, 0.1) is 0 Å². The maximum Gasteiger partial charge on any atom is 0.150 e. The van der Waals surface area contributed by atoms with E-state index in [1.54, 1.807) is 12.3 Å². The van der Waals surface area contributed by atoms with Gasteiger partial charge in [0.25, 0.3) is 0 Å². The molecule has 0 amide bonds. The molecular weight excluding hydrogens is 412 g/mol. The minimum Gasteiger partial charge on any atom is -0.390 e. The van der Waals surface area contributed by atoms with Crippen LogP contribution in [0.3, 0.4) is 0 Å². The van der Waals surface area contributed by atoms with E-state index in [-0.39, 0.29) is 5.92 Å². The minimum atomic E-state index is -0.661. The number of halogens is 1. The number of aliphatic hydroxyl groups is 1. The number of rotatable bonds is 4. The van der Waals surface area contributed by atoms with Crippen LogP contribution in [0.25, 0.3) is 27.9 Å². The summed E-state index contributed by atoms with van der Waals surface area (Å²) < 4.78 is 1.96. The van der Waals surface area contributed by atoms with Crippen LogP contribution in [0.15, 0.2) is 54.9 Å². The lowest BCUT2D eigenvalue weighted by Gasteiger charge is -2.40. The van der Waals surface area contributed by atoms with Crippen molar-refractivity contribution < 1.29 is 9.90 Å². The molecule has 0 unspecified atom stereocenters. The highest BCUT2D eigenvalue weighted by Gasteiger charge is 2.41. The molecule has 1 aliphatic rings. The van der Waals surface area contributed by atoms with E-state index < -0.39 is 5.60 Å². The maximum atomic E-state index is 11.4. The third kappa shape index (κ3) is 3.28. The summed E-state index contributed by atoms with van der Waals surface area (Å²) in [6.45, 7) is 1.84. The molecule has 2 aromatic heterocycles. The van der Waals surface area contributed by atoms with Crippen molar-refractivity contribution in [3.05, 3.63) is 71.3 Å². The van der Waals surface area contributed by atoms with Gasteiger partial charge in [-0.05, 0) is 31.4 Å². The van der Waals surface area contributed by atoms with E-state index in [9.17, 15) is 9.90 Å². The van der Waals surface area contributed by atoms with Crippen molar-refractivity contribution in [1.82, 2.24) is 14.4 Å². The lowest BCUT2D eigenvalue weighted by molar-refractivity contribution is -0.0335. The summed E-state index contributed by atoms with van der Waals surface area (Å²) in [6, 6.07) is 13.0. The Morgan fingerprint density at radius 3 is 2.71 bits per heavy atom. The fraction of sp³-hybridized carbons (Fsp3) is 0.208. The van der Waals surface area contributed by atoms with Gasteiger partial charge in [0.05, 0.1) is 5.60 Å². The van der Waals surface area contributed by atoms with Gasteiger partial charge < -0.3 is 10.8 Å². The predicted octanol–water partition coefficient (Wildman–Crippen LogP) is 4.74. The molecule has 156 valence electrons. The molecule has 1 fully saturated rings. The summed E-state index contributed by atoms with van der Waals surface area (Å²) in [5, 5.41) is 10.7. The number of aromatic nitrogens is 3. The first kappa shape index (κ1) is 19.7. The monoisotopic (exact) mass is 432 g/mol. The summed E-state index contributed by atoms with van der Waals surface area (Å²) in [4.78, 5) is 20.6. The molecule has 31 heavy (non-hydrogen) atoms. The largest absolute Gasteiger partial charge is 0.390 e. The number of hydrogen-bond donors (Lipinski definition) is 2. The standard InChI is InChI=1S/C24H21ClN4O2/c1-24(31)11-16(12-24)23-28-20(21-22(26)27-8-9-29(21)23)14-6-7-18(19(25)10-14)17-5-3-2-4-15(17)13-30/h2-10,13,16,31H,11-12H2,1H3,(H2,26,27). The second kappa shape index (κ2) is 7.18. The average Bonchev–Trinajstić information content (AvgIpc) is 3.12. The van der Waals surface area contributed by atoms with Crippen molar-refractivity contribution in [2.45, 2.75) is 31.3 Å². The second-order valence-electron chi connectivity index (χ2n) is 8.35. The van der Waals surface area contributed by atoms with Crippen LogP contribution in [0.2, 0.25) is 5.02 Å². The molecule has 0 saturated heterocycles. The van der Waals surface area contributed by atoms with Crippen molar-refractivity contribution in [1.29, 1.82) is 0 Å². The number of nitrogens with zero attached hydrogens (tertiary/aromatic N) is 3. The van der Waals surface area contributed by atoms with Gasteiger partial charge >= 0.3 is 0 Å².